The largest absolute Gasteiger partial charge is 0.381 e. The molecule has 0 saturated carbocycles. The summed E-state index contributed by atoms with van der Waals surface area (Å²) in [6.07, 6.45) is 4.74. The minimum atomic E-state index is 0.180. The van der Waals surface area contributed by atoms with Crippen molar-refractivity contribution >= 4 is 5.78 Å². The highest BCUT2D eigenvalue weighted by Gasteiger charge is 2.27. The zero-order valence-corrected chi connectivity index (χ0v) is 9.58. The Morgan fingerprint density at radius 2 is 2.27 bits per heavy atom. The fraction of sp³-hybridized carbons (Fsp3) is 0.917. The lowest BCUT2D eigenvalue weighted by atomic mass is 9.99. The van der Waals surface area contributed by atoms with E-state index >= 15 is 0 Å². The summed E-state index contributed by atoms with van der Waals surface area (Å²) in [6.45, 7) is 5.40. The zero-order chi connectivity index (χ0) is 10.7. The maximum Gasteiger partial charge on any atom is 0.152 e. The van der Waals surface area contributed by atoms with E-state index in [2.05, 4.69) is 11.8 Å². The number of hydrogen-bond donors (Lipinski definition) is 0. The Labute approximate surface area is 91.8 Å². The Kier molecular flexibility index (Phi) is 3.76. The lowest BCUT2D eigenvalue weighted by molar-refractivity contribution is -0.124. The second-order valence-electron chi connectivity index (χ2n) is 4.84. The summed E-state index contributed by atoms with van der Waals surface area (Å²) in [7, 11) is 0. The van der Waals surface area contributed by atoms with Gasteiger partial charge >= 0.3 is 0 Å². The Morgan fingerprint density at radius 3 is 2.93 bits per heavy atom. The number of piperidine rings is 1. The number of carbonyl (C=O) groups is 1. The van der Waals surface area contributed by atoms with E-state index in [0.29, 0.717) is 25.0 Å². The molecule has 2 atom stereocenters. The van der Waals surface area contributed by atoms with Crippen LogP contribution >= 0.6 is 0 Å². The average Bonchev–Trinajstić information content (AvgIpc) is 2.74. The predicted molar refractivity (Wildman–Crippen MR) is 58.8 cm³/mol. The second kappa shape index (κ2) is 5.08. The molecule has 0 aromatic heterocycles. The number of carbonyl (C=O) groups excluding carboxylic acids is 1. The van der Waals surface area contributed by atoms with Crippen LogP contribution < -0.4 is 0 Å². The van der Waals surface area contributed by atoms with Gasteiger partial charge in [0.05, 0.1) is 13.2 Å². The van der Waals surface area contributed by atoms with Gasteiger partial charge in [0, 0.05) is 18.6 Å². The van der Waals surface area contributed by atoms with E-state index in [1.54, 1.807) is 0 Å². The first-order valence-corrected chi connectivity index (χ1v) is 6.12. The van der Waals surface area contributed by atoms with Crippen molar-refractivity contribution in [2.24, 2.45) is 5.92 Å². The van der Waals surface area contributed by atoms with Crippen LogP contribution in [-0.2, 0) is 9.53 Å². The molecule has 3 nitrogen and oxygen atoms in total. The van der Waals surface area contributed by atoms with Crippen LogP contribution in [-0.4, -0.2) is 43.0 Å². The number of likely N-dealkylation sites (tertiary alicyclic amines) is 1. The first-order chi connectivity index (χ1) is 7.27. The normalized spacial score (nSPS) is 33.1. The van der Waals surface area contributed by atoms with Gasteiger partial charge in [-0.2, -0.15) is 0 Å². The topological polar surface area (TPSA) is 29.5 Å². The highest BCUT2D eigenvalue weighted by molar-refractivity contribution is 5.83. The van der Waals surface area contributed by atoms with Gasteiger partial charge in [-0.15, -0.1) is 0 Å². The molecule has 0 spiro atoms. The minimum Gasteiger partial charge on any atom is -0.381 e. The summed E-state index contributed by atoms with van der Waals surface area (Å²) in [5, 5.41) is 0. The summed E-state index contributed by atoms with van der Waals surface area (Å²) < 4.78 is 5.25. The molecule has 0 amide bonds. The molecule has 2 aliphatic rings. The van der Waals surface area contributed by atoms with Gasteiger partial charge in [0.1, 0.15) is 0 Å². The number of rotatable bonds is 3. The summed E-state index contributed by atoms with van der Waals surface area (Å²) >= 11 is 0. The van der Waals surface area contributed by atoms with E-state index in [0.717, 1.165) is 19.6 Å². The molecule has 2 fully saturated rings. The van der Waals surface area contributed by atoms with Gasteiger partial charge in [0.25, 0.3) is 0 Å². The molecule has 0 radical (unpaired) electrons. The Bertz CT molecular complexity index is 224. The van der Waals surface area contributed by atoms with Crippen LogP contribution in [0.3, 0.4) is 0 Å². The molecule has 0 bridgehead atoms. The summed E-state index contributed by atoms with van der Waals surface area (Å²) in [5.74, 6) is 0.570. The predicted octanol–water partition coefficient (Wildman–Crippen LogP) is 1.47. The van der Waals surface area contributed by atoms with Crippen molar-refractivity contribution in [3.8, 4) is 0 Å². The molecule has 0 aromatic rings. The molecule has 0 aliphatic carbocycles. The van der Waals surface area contributed by atoms with E-state index in [1.165, 1.54) is 19.3 Å². The molecule has 86 valence electrons. The number of ketones is 1. The second-order valence-corrected chi connectivity index (χ2v) is 4.84. The van der Waals surface area contributed by atoms with E-state index in [-0.39, 0.29) is 5.92 Å². The van der Waals surface area contributed by atoms with Crippen LogP contribution in [0.4, 0.5) is 0 Å². The number of Topliss-reactive ketones (excluding diaryl/α,β-unsaturated/α-hetero) is 1. The van der Waals surface area contributed by atoms with Crippen molar-refractivity contribution in [3.05, 3.63) is 0 Å². The smallest absolute Gasteiger partial charge is 0.152 e. The molecule has 15 heavy (non-hydrogen) atoms. The quantitative estimate of drug-likeness (QED) is 0.708. The van der Waals surface area contributed by atoms with Gasteiger partial charge in [-0.1, -0.05) is 6.42 Å². The van der Waals surface area contributed by atoms with Gasteiger partial charge in [-0.25, -0.2) is 0 Å². The van der Waals surface area contributed by atoms with Crippen molar-refractivity contribution < 1.29 is 9.53 Å². The lowest BCUT2D eigenvalue weighted by Gasteiger charge is -2.33. The highest BCUT2D eigenvalue weighted by atomic mass is 16.5. The first-order valence-electron chi connectivity index (χ1n) is 6.12. The van der Waals surface area contributed by atoms with E-state index in [4.69, 9.17) is 4.74 Å². The van der Waals surface area contributed by atoms with Crippen molar-refractivity contribution in [1.29, 1.82) is 0 Å². The van der Waals surface area contributed by atoms with Gasteiger partial charge < -0.3 is 4.74 Å². The molecular weight excluding hydrogens is 190 g/mol. The summed E-state index contributed by atoms with van der Waals surface area (Å²) in [4.78, 5) is 14.3. The monoisotopic (exact) mass is 211 g/mol. The fourth-order valence-corrected chi connectivity index (χ4v) is 2.51. The molecule has 0 aromatic carbocycles. The molecule has 3 heteroatoms. The fourth-order valence-electron chi connectivity index (χ4n) is 2.51. The summed E-state index contributed by atoms with van der Waals surface area (Å²) in [5.41, 5.74) is 0. The van der Waals surface area contributed by atoms with Gasteiger partial charge in [0.15, 0.2) is 5.78 Å². The molecule has 2 heterocycles. The average molecular weight is 211 g/mol. The van der Waals surface area contributed by atoms with E-state index in [1.807, 2.05) is 0 Å². The Hall–Kier alpha value is -0.410. The molecule has 2 saturated heterocycles. The van der Waals surface area contributed by atoms with E-state index in [9.17, 15) is 4.79 Å². The van der Waals surface area contributed by atoms with Gasteiger partial charge in [-0.3, -0.25) is 9.69 Å². The molecule has 2 aliphatic heterocycles. The minimum absolute atomic E-state index is 0.180. The third-order valence-corrected chi connectivity index (χ3v) is 3.68. The lowest BCUT2D eigenvalue weighted by Crippen LogP contribution is -2.42. The van der Waals surface area contributed by atoms with Crippen LogP contribution in [0.25, 0.3) is 0 Å². The maximum atomic E-state index is 11.9. The number of ether oxygens (including phenoxy) is 1. The molecule has 0 N–H and O–H groups in total. The third-order valence-electron chi connectivity index (χ3n) is 3.68. The van der Waals surface area contributed by atoms with Crippen LogP contribution in [0.15, 0.2) is 0 Å². The standard InChI is InChI=1S/C12H21NO2/c1-10-4-2-3-6-13(10)8-12(14)11-5-7-15-9-11/h10-11H,2-9H2,1H3. The molecule has 2 unspecified atom stereocenters. The highest BCUT2D eigenvalue weighted by Crippen LogP contribution is 2.19. The van der Waals surface area contributed by atoms with Crippen molar-refractivity contribution in [2.45, 2.75) is 38.6 Å². The number of nitrogens with zero attached hydrogens (tertiary/aromatic N) is 1. The Balaban J connectivity index is 1.81. The van der Waals surface area contributed by atoms with Gasteiger partial charge in [-0.05, 0) is 32.7 Å². The third kappa shape index (κ3) is 2.79. The Morgan fingerprint density at radius 1 is 1.40 bits per heavy atom. The maximum absolute atomic E-state index is 11.9. The molecule has 2 rings (SSSR count). The summed E-state index contributed by atoms with van der Waals surface area (Å²) in [6, 6.07) is 0.588. The zero-order valence-electron chi connectivity index (χ0n) is 9.58. The van der Waals surface area contributed by atoms with Crippen LogP contribution in [0.5, 0.6) is 0 Å². The van der Waals surface area contributed by atoms with Crippen LogP contribution in [0, 0.1) is 5.92 Å². The first kappa shape index (κ1) is 11.1. The molecular formula is C12H21NO2. The van der Waals surface area contributed by atoms with Gasteiger partial charge in [0.2, 0.25) is 0 Å². The van der Waals surface area contributed by atoms with E-state index < -0.39 is 0 Å². The number of hydrogen-bond acceptors (Lipinski definition) is 3. The van der Waals surface area contributed by atoms with Crippen molar-refractivity contribution in [3.63, 3.8) is 0 Å². The van der Waals surface area contributed by atoms with Crippen LogP contribution in [0.2, 0.25) is 0 Å². The van der Waals surface area contributed by atoms with Crippen molar-refractivity contribution in [2.75, 3.05) is 26.3 Å². The van der Waals surface area contributed by atoms with Crippen LogP contribution in [0.1, 0.15) is 32.6 Å². The van der Waals surface area contributed by atoms with Crippen molar-refractivity contribution in [1.82, 2.24) is 4.90 Å². The SMILES string of the molecule is CC1CCCCN1CC(=O)C1CCOC1.